The Hall–Kier alpha value is -2.33. The number of benzene rings is 1. The molecule has 36 heavy (non-hydrogen) atoms. The van der Waals surface area contributed by atoms with Gasteiger partial charge in [-0.25, -0.2) is 0 Å². The van der Waals surface area contributed by atoms with E-state index in [0.29, 0.717) is 23.5 Å². The first-order valence-corrected chi connectivity index (χ1v) is 12.6. The highest BCUT2D eigenvalue weighted by atomic mass is 19.4. The standard InChI is InChI=1S/C26H38F3N3O4/c1-17-14-32(12-11-26(27,28)29)18(2)16-36-22-10-9-20(30-24(33)19-7-5-6-8-19)13-21(22)25(34)31(3)15-23(17)35-4/h9-10,13,17-19,23H,5-8,11-12,14-16H2,1-4H3,(H,30,33)/t17-,18-,23+/m1/s1. The first kappa shape index (κ1) is 28.2. The van der Waals surface area contributed by atoms with E-state index in [9.17, 15) is 22.8 Å². The van der Waals surface area contributed by atoms with Gasteiger partial charge in [-0.3, -0.25) is 14.5 Å². The van der Waals surface area contributed by atoms with Crippen molar-refractivity contribution in [3.05, 3.63) is 23.8 Å². The van der Waals surface area contributed by atoms with E-state index in [1.807, 2.05) is 13.8 Å². The van der Waals surface area contributed by atoms with Crippen LogP contribution in [0.5, 0.6) is 5.75 Å². The van der Waals surface area contributed by atoms with E-state index in [-0.39, 0.29) is 55.5 Å². The average Bonchev–Trinajstić information content (AvgIpc) is 3.37. The van der Waals surface area contributed by atoms with Gasteiger partial charge in [-0.2, -0.15) is 13.2 Å². The third-order valence-electron chi connectivity index (χ3n) is 7.25. The number of carbonyl (C=O) groups excluding carboxylic acids is 2. The summed E-state index contributed by atoms with van der Waals surface area (Å²) in [4.78, 5) is 29.3. The molecule has 0 aromatic heterocycles. The molecule has 2 amide bonds. The Labute approximate surface area is 211 Å². The van der Waals surface area contributed by atoms with Crippen LogP contribution in [0.2, 0.25) is 0 Å². The first-order chi connectivity index (χ1) is 17.0. The lowest BCUT2D eigenvalue weighted by Crippen LogP contribution is -2.47. The predicted octanol–water partition coefficient (Wildman–Crippen LogP) is 4.57. The van der Waals surface area contributed by atoms with Crippen LogP contribution in [-0.4, -0.2) is 80.3 Å². The smallest absolute Gasteiger partial charge is 0.390 e. The minimum atomic E-state index is -4.26. The third-order valence-corrected chi connectivity index (χ3v) is 7.25. The van der Waals surface area contributed by atoms with Gasteiger partial charge in [0.1, 0.15) is 12.4 Å². The fourth-order valence-corrected chi connectivity index (χ4v) is 4.94. The van der Waals surface area contributed by atoms with Crippen molar-refractivity contribution in [2.75, 3.05) is 45.7 Å². The lowest BCUT2D eigenvalue weighted by molar-refractivity contribution is -0.140. The number of hydrogen-bond acceptors (Lipinski definition) is 5. The van der Waals surface area contributed by atoms with Crippen LogP contribution in [0.4, 0.5) is 18.9 Å². The second-order valence-electron chi connectivity index (χ2n) is 10.1. The minimum absolute atomic E-state index is 0.0203. The van der Waals surface area contributed by atoms with E-state index < -0.39 is 12.6 Å². The van der Waals surface area contributed by atoms with Crippen molar-refractivity contribution < 1.29 is 32.2 Å². The molecular formula is C26H38F3N3O4. The molecule has 10 heteroatoms. The van der Waals surface area contributed by atoms with Crippen molar-refractivity contribution in [1.82, 2.24) is 9.80 Å². The molecule has 1 fully saturated rings. The number of likely N-dealkylation sites (N-methyl/N-ethyl adjacent to an activating group) is 1. The molecule has 1 aliphatic carbocycles. The molecule has 1 aromatic rings. The molecule has 3 atom stereocenters. The van der Waals surface area contributed by atoms with E-state index in [1.165, 1.54) is 4.90 Å². The molecule has 1 heterocycles. The zero-order valence-electron chi connectivity index (χ0n) is 21.6. The summed E-state index contributed by atoms with van der Waals surface area (Å²) in [6.07, 6.45) is -1.74. The monoisotopic (exact) mass is 513 g/mol. The number of halogens is 3. The van der Waals surface area contributed by atoms with Gasteiger partial charge in [0, 0.05) is 51.4 Å². The fourth-order valence-electron chi connectivity index (χ4n) is 4.94. The van der Waals surface area contributed by atoms with Crippen LogP contribution in [0.1, 0.15) is 56.3 Å². The Kier molecular flexibility index (Phi) is 9.63. The van der Waals surface area contributed by atoms with E-state index in [1.54, 1.807) is 37.3 Å². The number of fused-ring (bicyclic) bond motifs is 1. The number of anilines is 1. The van der Waals surface area contributed by atoms with E-state index in [4.69, 9.17) is 9.47 Å². The van der Waals surface area contributed by atoms with Gasteiger partial charge in [-0.15, -0.1) is 0 Å². The van der Waals surface area contributed by atoms with Gasteiger partial charge in [0.2, 0.25) is 5.91 Å². The lowest BCUT2D eigenvalue weighted by Gasteiger charge is -2.36. The quantitative estimate of drug-likeness (QED) is 0.625. The van der Waals surface area contributed by atoms with Crippen LogP contribution >= 0.6 is 0 Å². The summed E-state index contributed by atoms with van der Waals surface area (Å²) >= 11 is 0. The van der Waals surface area contributed by atoms with Gasteiger partial charge in [0.05, 0.1) is 18.1 Å². The van der Waals surface area contributed by atoms with Gasteiger partial charge < -0.3 is 19.7 Å². The maximum absolute atomic E-state index is 13.4. The third kappa shape index (κ3) is 7.59. The summed E-state index contributed by atoms with van der Waals surface area (Å²) in [5.41, 5.74) is 0.804. The number of amides is 2. The maximum atomic E-state index is 13.4. The highest BCUT2D eigenvalue weighted by Gasteiger charge is 2.32. The zero-order chi connectivity index (χ0) is 26.5. The SMILES string of the molecule is CO[C@H]1CN(C)C(=O)c2cc(NC(=O)C3CCCC3)ccc2OC[C@@H](C)N(CCC(F)(F)F)C[C@H]1C. The van der Waals surface area contributed by atoms with Crippen LogP contribution in [0.25, 0.3) is 0 Å². The van der Waals surface area contributed by atoms with E-state index in [2.05, 4.69) is 5.32 Å². The molecule has 202 valence electrons. The zero-order valence-corrected chi connectivity index (χ0v) is 21.6. The number of ether oxygens (including phenoxy) is 2. The average molecular weight is 514 g/mol. The van der Waals surface area contributed by atoms with Gasteiger partial charge >= 0.3 is 6.18 Å². The number of methoxy groups -OCH3 is 1. The first-order valence-electron chi connectivity index (χ1n) is 12.6. The number of nitrogens with one attached hydrogen (secondary N) is 1. The molecule has 0 saturated heterocycles. The molecule has 3 rings (SSSR count). The summed E-state index contributed by atoms with van der Waals surface area (Å²) in [6, 6.07) is 4.62. The topological polar surface area (TPSA) is 71.1 Å². The summed E-state index contributed by atoms with van der Waals surface area (Å²) in [5, 5.41) is 2.92. The number of hydrogen-bond donors (Lipinski definition) is 1. The van der Waals surface area contributed by atoms with Crippen LogP contribution in [0, 0.1) is 11.8 Å². The van der Waals surface area contributed by atoms with Crippen LogP contribution in [0.3, 0.4) is 0 Å². The Morgan fingerprint density at radius 3 is 2.53 bits per heavy atom. The number of nitrogens with zero attached hydrogens (tertiary/aromatic N) is 2. The Morgan fingerprint density at radius 1 is 1.19 bits per heavy atom. The molecule has 1 N–H and O–H groups in total. The summed E-state index contributed by atoms with van der Waals surface area (Å²) in [5.74, 6) is -0.149. The fraction of sp³-hybridized carbons (Fsp3) is 0.692. The van der Waals surface area contributed by atoms with Crippen LogP contribution in [0.15, 0.2) is 18.2 Å². The Bertz CT molecular complexity index is 905. The second kappa shape index (κ2) is 12.3. The van der Waals surface area contributed by atoms with Crippen molar-refractivity contribution in [3.8, 4) is 5.75 Å². The Morgan fingerprint density at radius 2 is 1.89 bits per heavy atom. The van der Waals surface area contributed by atoms with Crippen molar-refractivity contribution in [3.63, 3.8) is 0 Å². The van der Waals surface area contributed by atoms with Gasteiger partial charge in [0.25, 0.3) is 5.91 Å². The molecule has 0 radical (unpaired) electrons. The highest BCUT2D eigenvalue weighted by molar-refractivity contribution is 5.99. The molecule has 0 unspecified atom stereocenters. The molecule has 1 aromatic carbocycles. The Balaban J connectivity index is 1.87. The predicted molar refractivity (Wildman–Crippen MR) is 131 cm³/mol. The van der Waals surface area contributed by atoms with Crippen molar-refractivity contribution >= 4 is 17.5 Å². The lowest BCUT2D eigenvalue weighted by atomic mass is 10.0. The molecule has 0 spiro atoms. The van der Waals surface area contributed by atoms with Crippen LogP contribution < -0.4 is 10.1 Å². The summed E-state index contributed by atoms with van der Waals surface area (Å²) in [7, 11) is 3.20. The highest BCUT2D eigenvalue weighted by Crippen LogP contribution is 2.29. The molecule has 1 saturated carbocycles. The summed E-state index contributed by atoms with van der Waals surface area (Å²) in [6.45, 7) is 4.33. The molecule has 0 bridgehead atoms. The number of carbonyl (C=O) groups is 2. The van der Waals surface area contributed by atoms with Gasteiger partial charge in [-0.05, 0) is 43.9 Å². The number of alkyl halides is 3. The molecule has 2 aliphatic rings. The van der Waals surface area contributed by atoms with Gasteiger partial charge in [0.15, 0.2) is 0 Å². The molecular weight excluding hydrogens is 475 g/mol. The van der Waals surface area contributed by atoms with Crippen molar-refractivity contribution in [1.29, 1.82) is 0 Å². The van der Waals surface area contributed by atoms with Gasteiger partial charge in [-0.1, -0.05) is 19.8 Å². The normalized spacial score (nSPS) is 25.0. The largest absolute Gasteiger partial charge is 0.491 e. The maximum Gasteiger partial charge on any atom is 0.390 e. The second-order valence-corrected chi connectivity index (χ2v) is 10.1. The van der Waals surface area contributed by atoms with E-state index in [0.717, 1.165) is 25.7 Å². The van der Waals surface area contributed by atoms with Crippen molar-refractivity contribution in [2.24, 2.45) is 11.8 Å². The van der Waals surface area contributed by atoms with Crippen molar-refractivity contribution in [2.45, 2.75) is 64.3 Å². The number of rotatable bonds is 5. The van der Waals surface area contributed by atoms with E-state index >= 15 is 0 Å². The molecule has 7 nitrogen and oxygen atoms in total. The van der Waals surface area contributed by atoms with Crippen LogP contribution in [-0.2, 0) is 9.53 Å². The molecule has 1 aliphatic heterocycles. The minimum Gasteiger partial charge on any atom is -0.491 e. The summed E-state index contributed by atoms with van der Waals surface area (Å²) < 4.78 is 50.6.